The van der Waals surface area contributed by atoms with Crippen LogP contribution in [-0.2, 0) is 6.61 Å². The Labute approximate surface area is 106 Å². The fraction of sp³-hybridized carbons (Fsp3) is 0.429. The molecule has 1 N–H and O–H groups in total. The van der Waals surface area contributed by atoms with Crippen molar-refractivity contribution in [3.63, 3.8) is 0 Å². The SMILES string of the molecule is Cc1ccccc1-n1nnc(CO)c1C1CCC1. The second-order valence-electron chi connectivity index (χ2n) is 4.91. The van der Waals surface area contributed by atoms with Crippen LogP contribution in [0.3, 0.4) is 0 Å². The van der Waals surface area contributed by atoms with Crippen LogP contribution < -0.4 is 0 Å². The van der Waals surface area contributed by atoms with Gasteiger partial charge in [0.05, 0.1) is 18.0 Å². The summed E-state index contributed by atoms with van der Waals surface area (Å²) in [7, 11) is 0. The Morgan fingerprint density at radius 3 is 2.72 bits per heavy atom. The van der Waals surface area contributed by atoms with E-state index in [-0.39, 0.29) is 6.61 Å². The summed E-state index contributed by atoms with van der Waals surface area (Å²) in [4.78, 5) is 0. The van der Waals surface area contributed by atoms with Crippen molar-refractivity contribution in [1.29, 1.82) is 0 Å². The van der Waals surface area contributed by atoms with E-state index in [0.717, 1.165) is 17.1 Å². The van der Waals surface area contributed by atoms with Crippen molar-refractivity contribution in [2.75, 3.05) is 0 Å². The van der Waals surface area contributed by atoms with Gasteiger partial charge in [-0.2, -0.15) is 0 Å². The second-order valence-corrected chi connectivity index (χ2v) is 4.91. The van der Waals surface area contributed by atoms with Gasteiger partial charge in [0.2, 0.25) is 0 Å². The zero-order chi connectivity index (χ0) is 12.5. The second kappa shape index (κ2) is 4.53. The minimum Gasteiger partial charge on any atom is -0.390 e. The maximum Gasteiger partial charge on any atom is 0.112 e. The Bertz CT molecular complexity index is 558. The molecule has 1 fully saturated rings. The summed E-state index contributed by atoms with van der Waals surface area (Å²) in [5, 5.41) is 17.7. The molecule has 0 bridgehead atoms. The zero-order valence-electron chi connectivity index (χ0n) is 10.5. The van der Waals surface area contributed by atoms with Gasteiger partial charge in [-0.15, -0.1) is 5.10 Å². The predicted octanol–water partition coefficient (Wildman–Crippen LogP) is 2.34. The van der Waals surface area contributed by atoms with Crippen LogP contribution in [0.1, 0.15) is 42.1 Å². The summed E-state index contributed by atoms with van der Waals surface area (Å²) in [5.41, 5.74) is 4.06. The van der Waals surface area contributed by atoms with E-state index in [1.807, 2.05) is 22.9 Å². The van der Waals surface area contributed by atoms with Gasteiger partial charge in [-0.05, 0) is 31.4 Å². The first-order valence-corrected chi connectivity index (χ1v) is 6.42. The fourth-order valence-corrected chi connectivity index (χ4v) is 2.50. The zero-order valence-corrected chi connectivity index (χ0v) is 10.5. The van der Waals surface area contributed by atoms with Crippen molar-refractivity contribution in [3.8, 4) is 5.69 Å². The quantitative estimate of drug-likeness (QED) is 0.900. The molecule has 18 heavy (non-hydrogen) atoms. The van der Waals surface area contributed by atoms with E-state index >= 15 is 0 Å². The van der Waals surface area contributed by atoms with Crippen molar-refractivity contribution in [1.82, 2.24) is 15.0 Å². The molecule has 4 heteroatoms. The van der Waals surface area contributed by atoms with Crippen molar-refractivity contribution >= 4 is 0 Å². The topological polar surface area (TPSA) is 50.9 Å². The molecule has 4 nitrogen and oxygen atoms in total. The number of aryl methyl sites for hydroxylation is 1. The highest BCUT2D eigenvalue weighted by atomic mass is 16.3. The molecule has 1 saturated carbocycles. The third-order valence-corrected chi connectivity index (χ3v) is 3.76. The van der Waals surface area contributed by atoms with Crippen molar-refractivity contribution in [2.24, 2.45) is 0 Å². The molecule has 1 aliphatic carbocycles. The van der Waals surface area contributed by atoms with E-state index in [2.05, 4.69) is 23.3 Å². The lowest BCUT2D eigenvalue weighted by molar-refractivity contribution is 0.272. The van der Waals surface area contributed by atoms with E-state index in [4.69, 9.17) is 0 Å². The van der Waals surface area contributed by atoms with E-state index in [0.29, 0.717) is 5.92 Å². The molecule has 0 unspecified atom stereocenters. The molecule has 0 aliphatic heterocycles. The summed E-state index contributed by atoms with van der Waals surface area (Å²) < 4.78 is 1.91. The Hall–Kier alpha value is -1.68. The average molecular weight is 243 g/mol. The molecule has 1 heterocycles. The molecule has 1 aromatic carbocycles. The van der Waals surface area contributed by atoms with Crippen LogP contribution >= 0.6 is 0 Å². The maximum atomic E-state index is 9.40. The number of benzene rings is 1. The van der Waals surface area contributed by atoms with Crippen LogP contribution in [0.5, 0.6) is 0 Å². The molecule has 3 rings (SSSR count). The van der Waals surface area contributed by atoms with Crippen LogP contribution in [0.2, 0.25) is 0 Å². The number of nitrogens with zero attached hydrogens (tertiary/aromatic N) is 3. The molecule has 0 radical (unpaired) electrons. The Morgan fingerprint density at radius 2 is 2.11 bits per heavy atom. The van der Waals surface area contributed by atoms with E-state index in [1.54, 1.807) is 0 Å². The fourth-order valence-electron chi connectivity index (χ4n) is 2.50. The number of hydrogen-bond acceptors (Lipinski definition) is 3. The van der Waals surface area contributed by atoms with Gasteiger partial charge in [-0.3, -0.25) is 0 Å². The predicted molar refractivity (Wildman–Crippen MR) is 68.6 cm³/mol. The van der Waals surface area contributed by atoms with Crippen molar-refractivity contribution < 1.29 is 5.11 Å². The molecule has 94 valence electrons. The minimum atomic E-state index is -0.0300. The summed E-state index contributed by atoms with van der Waals surface area (Å²) in [6, 6.07) is 8.15. The van der Waals surface area contributed by atoms with Gasteiger partial charge in [0.15, 0.2) is 0 Å². The molecule has 0 spiro atoms. The molecule has 1 aliphatic rings. The van der Waals surface area contributed by atoms with Gasteiger partial charge >= 0.3 is 0 Å². The smallest absolute Gasteiger partial charge is 0.112 e. The lowest BCUT2D eigenvalue weighted by atomic mass is 9.82. The van der Waals surface area contributed by atoms with E-state index in [1.165, 1.54) is 24.8 Å². The molecular formula is C14H17N3O. The number of aliphatic hydroxyl groups excluding tert-OH is 1. The van der Waals surface area contributed by atoms with Gasteiger partial charge in [0, 0.05) is 5.92 Å². The normalized spacial score (nSPS) is 15.7. The number of aliphatic hydroxyl groups is 1. The average Bonchev–Trinajstić information content (AvgIpc) is 2.71. The van der Waals surface area contributed by atoms with Gasteiger partial charge in [-0.1, -0.05) is 29.8 Å². The standard InChI is InChI=1S/C14H17N3O/c1-10-5-2-3-8-13(10)17-14(11-6-4-7-11)12(9-18)15-16-17/h2-3,5,8,11,18H,4,6-7,9H2,1H3. The van der Waals surface area contributed by atoms with Crippen molar-refractivity contribution in [3.05, 3.63) is 41.2 Å². The lowest BCUT2D eigenvalue weighted by Gasteiger charge is -2.26. The summed E-state index contributed by atoms with van der Waals surface area (Å²) in [5.74, 6) is 0.502. The number of aromatic nitrogens is 3. The first-order chi connectivity index (χ1) is 8.81. The first kappa shape index (κ1) is 11.4. The molecule has 1 aromatic heterocycles. The summed E-state index contributed by atoms with van der Waals surface area (Å²) in [6.07, 6.45) is 3.60. The molecule has 0 atom stereocenters. The van der Waals surface area contributed by atoms with Crippen LogP contribution in [0, 0.1) is 6.92 Å². The van der Waals surface area contributed by atoms with Crippen LogP contribution in [0.4, 0.5) is 0 Å². The highest BCUT2D eigenvalue weighted by Crippen LogP contribution is 2.38. The lowest BCUT2D eigenvalue weighted by Crippen LogP contribution is -2.16. The minimum absolute atomic E-state index is 0.0300. The third kappa shape index (κ3) is 1.73. The Kier molecular flexibility index (Phi) is 2.88. The van der Waals surface area contributed by atoms with Crippen LogP contribution in [0.15, 0.2) is 24.3 Å². The Balaban J connectivity index is 2.12. The Morgan fingerprint density at radius 1 is 1.33 bits per heavy atom. The van der Waals surface area contributed by atoms with Gasteiger partial charge < -0.3 is 5.11 Å². The van der Waals surface area contributed by atoms with Crippen LogP contribution in [-0.4, -0.2) is 20.1 Å². The third-order valence-electron chi connectivity index (χ3n) is 3.76. The highest BCUT2D eigenvalue weighted by molar-refractivity contribution is 5.41. The molecule has 0 saturated heterocycles. The highest BCUT2D eigenvalue weighted by Gasteiger charge is 2.28. The summed E-state index contributed by atoms with van der Waals surface area (Å²) in [6.45, 7) is 2.04. The molecule has 0 amide bonds. The number of rotatable bonds is 3. The van der Waals surface area contributed by atoms with Gasteiger partial charge in [0.1, 0.15) is 5.69 Å². The largest absolute Gasteiger partial charge is 0.390 e. The van der Waals surface area contributed by atoms with Crippen LogP contribution in [0.25, 0.3) is 5.69 Å². The molecule has 2 aromatic rings. The monoisotopic (exact) mass is 243 g/mol. The first-order valence-electron chi connectivity index (χ1n) is 6.42. The number of hydrogen-bond donors (Lipinski definition) is 1. The van der Waals surface area contributed by atoms with E-state index < -0.39 is 0 Å². The maximum absolute atomic E-state index is 9.40. The van der Waals surface area contributed by atoms with Crippen molar-refractivity contribution in [2.45, 2.75) is 38.7 Å². The summed E-state index contributed by atoms with van der Waals surface area (Å²) >= 11 is 0. The van der Waals surface area contributed by atoms with Gasteiger partial charge in [-0.25, -0.2) is 4.68 Å². The number of para-hydroxylation sites is 1. The van der Waals surface area contributed by atoms with Gasteiger partial charge in [0.25, 0.3) is 0 Å². The molecular weight excluding hydrogens is 226 g/mol. The van der Waals surface area contributed by atoms with E-state index in [9.17, 15) is 5.11 Å².